The summed E-state index contributed by atoms with van der Waals surface area (Å²) in [5.41, 5.74) is -0.202. The molecule has 19 heavy (non-hydrogen) atoms. The minimum absolute atomic E-state index is 0.0436. The van der Waals surface area contributed by atoms with Crippen molar-refractivity contribution < 1.29 is 14.7 Å². The smallest absolute Gasteiger partial charge is 0.354 e. The zero-order valence-electron chi connectivity index (χ0n) is 11.1. The standard InChI is InChI=1S/C13H19N3O3/c1-7-4-3-5-9(8(7)2)16-12(17)10-11(13(18)19)15-6-14-10/h6-9H,3-5H2,1-2H3,(H,14,15)(H,16,17)(H,18,19). The van der Waals surface area contributed by atoms with E-state index in [1.165, 1.54) is 12.7 Å². The summed E-state index contributed by atoms with van der Waals surface area (Å²) in [7, 11) is 0. The normalized spacial score (nSPS) is 26.9. The Labute approximate surface area is 111 Å². The Morgan fingerprint density at radius 3 is 2.84 bits per heavy atom. The number of rotatable bonds is 3. The van der Waals surface area contributed by atoms with Gasteiger partial charge in [-0.05, 0) is 18.3 Å². The molecule has 0 aromatic carbocycles. The first kappa shape index (κ1) is 13.6. The van der Waals surface area contributed by atoms with Gasteiger partial charge in [0, 0.05) is 6.04 Å². The highest BCUT2D eigenvalue weighted by molar-refractivity contribution is 6.02. The van der Waals surface area contributed by atoms with Gasteiger partial charge in [0.25, 0.3) is 5.91 Å². The van der Waals surface area contributed by atoms with Gasteiger partial charge in [-0.1, -0.05) is 26.7 Å². The molecule has 0 saturated heterocycles. The fourth-order valence-corrected chi connectivity index (χ4v) is 2.65. The molecule has 1 aliphatic carbocycles. The average Bonchev–Trinajstić information content (AvgIpc) is 2.84. The molecule has 6 heteroatoms. The van der Waals surface area contributed by atoms with Crippen molar-refractivity contribution in [2.24, 2.45) is 11.8 Å². The third-order valence-corrected chi connectivity index (χ3v) is 4.09. The molecule has 0 spiro atoms. The number of aromatic carboxylic acids is 1. The van der Waals surface area contributed by atoms with Gasteiger partial charge in [-0.15, -0.1) is 0 Å². The quantitative estimate of drug-likeness (QED) is 0.774. The first-order valence-electron chi connectivity index (χ1n) is 6.58. The van der Waals surface area contributed by atoms with E-state index in [1.54, 1.807) is 0 Å². The summed E-state index contributed by atoms with van der Waals surface area (Å²) in [6, 6.07) is 0.0922. The van der Waals surface area contributed by atoms with Crippen LogP contribution in [0.1, 0.15) is 54.1 Å². The number of amides is 1. The number of carboxylic acid groups (broad SMARTS) is 1. The lowest BCUT2D eigenvalue weighted by Crippen LogP contribution is -2.44. The fourth-order valence-electron chi connectivity index (χ4n) is 2.65. The van der Waals surface area contributed by atoms with Crippen LogP contribution in [0.25, 0.3) is 0 Å². The summed E-state index contributed by atoms with van der Waals surface area (Å²) in [5.74, 6) is -0.626. The highest BCUT2D eigenvalue weighted by Gasteiger charge is 2.30. The van der Waals surface area contributed by atoms with Crippen molar-refractivity contribution in [3.05, 3.63) is 17.7 Å². The minimum Gasteiger partial charge on any atom is -0.477 e. The molecule has 1 saturated carbocycles. The summed E-state index contributed by atoms with van der Waals surface area (Å²) in [4.78, 5) is 29.3. The first-order chi connectivity index (χ1) is 9.00. The predicted molar refractivity (Wildman–Crippen MR) is 69.0 cm³/mol. The number of carbonyl (C=O) groups is 2. The second-order valence-corrected chi connectivity index (χ2v) is 5.28. The number of aromatic nitrogens is 2. The van der Waals surface area contributed by atoms with Gasteiger partial charge in [-0.3, -0.25) is 4.79 Å². The number of aromatic amines is 1. The Morgan fingerprint density at radius 2 is 2.16 bits per heavy atom. The van der Waals surface area contributed by atoms with Gasteiger partial charge in [0.15, 0.2) is 11.4 Å². The van der Waals surface area contributed by atoms with Crippen molar-refractivity contribution in [1.82, 2.24) is 15.3 Å². The lowest BCUT2D eigenvalue weighted by atomic mass is 9.78. The third-order valence-electron chi connectivity index (χ3n) is 4.09. The number of hydrogen-bond acceptors (Lipinski definition) is 3. The van der Waals surface area contributed by atoms with Crippen LogP contribution in [0.2, 0.25) is 0 Å². The minimum atomic E-state index is -1.17. The summed E-state index contributed by atoms with van der Waals surface area (Å²) >= 11 is 0. The molecule has 0 radical (unpaired) electrons. The van der Waals surface area contributed by atoms with Gasteiger partial charge in [-0.25, -0.2) is 9.78 Å². The Morgan fingerprint density at radius 1 is 1.42 bits per heavy atom. The SMILES string of the molecule is CC1CCCC(NC(=O)c2nc[nH]c2C(=O)O)C1C. The van der Waals surface area contributed by atoms with Crippen LogP contribution < -0.4 is 5.32 Å². The largest absolute Gasteiger partial charge is 0.477 e. The molecular weight excluding hydrogens is 246 g/mol. The molecule has 104 valence electrons. The molecule has 1 amide bonds. The maximum absolute atomic E-state index is 12.1. The number of carboxylic acids is 1. The molecule has 3 N–H and O–H groups in total. The van der Waals surface area contributed by atoms with Crippen LogP contribution in [0.5, 0.6) is 0 Å². The van der Waals surface area contributed by atoms with Crippen LogP contribution in [0.3, 0.4) is 0 Å². The first-order valence-corrected chi connectivity index (χ1v) is 6.58. The average molecular weight is 265 g/mol. The van der Waals surface area contributed by atoms with Crippen molar-refractivity contribution in [2.45, 2.75) is 39.2 Å². The van der Waals surface area contributed by atoms with Gasteiger partial charge in [0.1, 0.15) is 0 Å². The van der Waals surface area contributed by atoms with E-state index in [2.05, 4.69) is 29.1 Å². The molecule has 0 bridgehead atoms. The summed E-state index contributed by atoms with van der Waals surface area (Å²) < 4.78 is 0. The van der Waals surface area contributed by atoms with Gasteiger partial charge in [0.2, 0.25) is 0 Å². The van der Waals surface area contributed by atoms with Crippen molar-refractivity contribution in [1.29, 1.82) is 0 Å². The van der Waals surface area contributed by atoms with Crippen LogP contribution >= 0.6 is 0 Å². The summed E-state index contributed by atoms with van der Waals surface area (Å²) in [6.07, 6.45) is 4.43. The molecule has 1 aromatic heterocycles. The molecule has 1 aliphatic rings. The number of nitrogens with zero attached hydrogens (tertiary/aromatic N) is 1. The van der Waals surface area contributed by atoms with Crippen LogP contribution in [0, 0.1) is 11.8 Å². The topological polar surface area (TPSA) is 95.1 Å². The van der Waals surface area contributed by atoms with Gasteiger partial charge < -0.3 is 15.4 Å². The van der Waals surface area contributed by atoms with Crippen molar-refractivity contribution >= 4 is 11.9 Å². The second kappa shape index (κ2) is 5.42. The van der Waals surface area contributed by atoms with Gasteiger partial charge >= 0.3 is 5.97 Å². The number of carbonyl (C=O) groups excluding carboxylic acids is 1. The van der Waals surface area contributed by atoms with Crippen LogP contribution in [-0.4, -0.2) is 33.0 Å². The van der Waals surface area contributed by atoms with Gasteiger partial charge in [0.05, 0.1) is 6.33 Å². The van der Waals surface area contributed by atoms with E-state index < -0.39 is 11.9 Å². The number of imidazole rings is 1. The van der Waals surface area contributed by atoms with E-state index in [1.807, 2.05) is 0 Å². The van der Waals surface area contributed by atoms with Crippen LogP contribution in [0.15, 0.2) is 6.33 Å². The van der Waals surface area contributed by atoms with Crippen LogP contribution in [-0.2, 0) is 0 Å². The van der Waals surface area contributed by atoms with Crippen molar-refractivity contribution in [2.75, 3.05) is 0 Å². The van der Waals surface area contributed by atoms with E-state index in [-0.39, 0.29) is 17.4 Å². The van der Waals surface area contributed by atoms with E-state index in [9.17, 15) is 9.59 Å². The molecule has 6 nitrogen and oxygen atoms in total. The molecule has 3 atom stereocenters. The maximum atomic E-state index is 12.1. The second-order valence-electron chi connectivity index (χ2n) is 5.28. The van der Waals surface area contributed by atoms with Crippen LogP contribution in [0.4, 0.5) is 0 Å². The lowest BCUT2D eigenvalue weighted by molar-refractivity contribution is 0.0683. The molecule has 1 fully saturated rings. The summed E-state index contributed by atoms with van der Waals surface area (Å²) in [5, 5.41) is 11.9. The van der Waals surface area contributed by atoms with E-state index in [0.717, 1.165) is 12.8 Å². The van der Waals surface area contributed by atoms with E-state index >= 15 is 0 Å². The lowest BCUT2D eigenvalue weighted by Gasteiger charge is -2.34. The molecule has 1 heterocycles. The molecule has 1 aromatic rings. The number of nitrogens with one attached hydrogen (secondary N) is 2. The fraction of sp³-hybridized carbons (Fsp3) is 0.615. The number of hydrogen-bond donors (Lipinski definition) is 3. The third kappa shape index (κ3) is 2.77. The maximum Gasteiger partial charge on any atom is 0.354 e. The van der Waals surface area contributed by atoms with E-state index in [4.69, 9.17) is 5.11 Å². The Balaban J connectivity index is 2.08. The zero-order valence-corrected chi connectivity index (χ0v) is 11.1. The zero-order chi connectivity index (χ0) is 14.0. The van der Waals surface area contributed by atoms with Crippen molar-refractivity contribution in [3.63, 3.8) is 0 Å². The monoisotopic (exact) mass is 265 g/mol. The van der Waals surface area contributed by atoms with E-state index in [0.29, 0.717) is 11.8 Å². The van der Waals surface area contributed by atoms with Gasteiger partial charge in [-0.2, -0.15) is 0 Å². The number of H-pyrrole nitrogens is 1. The Hall–Kier alpha value is -1.85. The molecule has 2 rings (SSSR count). The molecular formula is C13H19N3O3. The highest BCUT2D eigenvalue weighted by Crippen LogP contribution is 2.29. The Kier molecular flexibility index (Phi) is 3.87. The predicted octanol–water partition coefficient (Wildman–Crippen LogP) is 1.66. The Bertz CT molecular complexity index is 483. The molecule has 0 aliphatic heterocycles. The molecule has 3 unspecified atom stereocenters. The summed E-state index contributed by atoms with van der Waals surface area (Å²) in [6.45, 7) is 4.30. The highest BCUT2D eigenvalue weighted by atomic mass is 16.4. The van der Waals surface area contributed by atoms with Crippen molar-refractivity contribution in [3.8, 4) is 0 Å².